The lowest BCUT2D eigenvalue weighted by Crippen LogP contribution is -2.40. The standard InChI is InChI=1S/C14H18FNO4/c1-9(2)19-13(17)16(14(18)20-10(3)4)12-7-5-11(15)6-8-12/h5-10H,1-4H3. The lowest BCUT2D eigenvalue weighted by molar-refractivity contribution is 0.104. The maximum Gasteiger partial charge on any atom is 0.424 e. The van der Waals surface area contributed by atoms with Crippen molar-refractivity contribution >= 4 is 17.9 Å². The molecule has 1 aromatic carbocycles. The molecule has 6 heteroatoms. The van der Waals surface area contributed by atoms with E-state index in [4.69, 9.17) is 9.47 Å². The van der Waals surface area contributed by atoms with Gasteiger partial charge in [-0.25, -0.2) is 14.0 Å². The van der Waals surface area contributed by atoms with Crippen molar-refractivity contribution in [2.45, 2.75) is 39.9 Å². The number of amides is 2. The third-order valence-corrected chi connectivity index (χ3v) is 2.12. The van der Waals surface area contributed by atoms with Crippen molar-refractivity contribution in [2.75, 3.05) is 4.90 Å². The number of anilines is 1. The number of imide groups is 1. The molecular weight excluding hydrogens is 265 g/mol. The predicted molar refractivity (Wildman–Crippen MR) is 72.1 cm³/mol. The number of benzene rings is 1. The Kier molecular flexibility index (Phi) is 5.49. The number of ether oxygens (including phenoxy) is 2. The molecule has 0 radical (unpaired) electrons. The van der Waals surface area contributed by atoms with Crippen molar-refractivity contribution in [3.8, 4) is 0 Å². The fraction of sp³-hybridized carbons (Fsp3) is 0.429. The second-order valence-electron chi connectivity index (χ2n) is 4.68. The summed E-state index contributed by atoms with van der Waals surface area (Å²) < 4.78 is 22.9. The smallest absolute Gasteiger partial charge is 0.424 e. The van der Waals surface area contributed by atoms with Gasteiger partial charge < -0.3 is 9.47 Å². The predicted octanol–water partition coefficient (Wildman–Crippen LogP) is 3.72. The molecular formula is C14H18FNO4. The summed E-state index contributed by atoms with van der Waals surface area (Å²) in [6.45, 7) is 6.64. The average Bonchev–Trinajstić information content (AvgIpc) is 2.30. The van der Waals surface area contributed by atoms with Crippen LogP contribution in [-0.2, 0) is 9.47 Å². The molecule has 0 N–H and O–H groups in total. The van der Waals surface area contributed by atoms with Crippen LogP contribution in [0.3, 0.4) is 0 Å². The van der Waals surface area contributed by atoms with Crippen LogP contribution in [0, 0.1) is 5.82 Å². The van der Waals surface area contributed by atoms with E-state index in [1.165, 1.54) is 12.1 Å². The molecule has 0 atom stereocenters. The molecule has 0 aliphatic heterocycles. The van der Waals surface area contributed by atoms with E-state index in [0.29, 0.717) is 0 Å². The van der Waals surface area contributed by atoms with Crippen LogP contribution < -0.4 is 4.90 Å². The van der Waals surface area contributed by atoms with Gasteiger partial charge in [0.15, 0.2) is 0 Å². The maximum atomic E-state index is 12.9. The Balaban J connectivity index is 3.03. The molecule has 2 amide bonds. The Hall–Kier alpha value is -2.11. The van der Waals surface area contributed by atoms with Gasteiger partial charge in [0, 0.05) is 0 Å². The summed E-state index contributed by atoms with van der Waals surface area (Å²) in [7, 11) is 0. The van der Waals surface area contributed by atoms with Crippen molar-refractivity contribution in [1.29, 1.82) is 0 Å². The van der Waals surface area contributed by atoms with Gasteiger partial charge in [0.05, 0.1) is 17.9 Å². The molecule has 110 valence electrons. The van der Waals surface area contributed by atoms with E-state index in [1.807, 2.05) is 0 Å². The van der Waals surface area contributed by atoms with Gasteiger partial charge in [0.25, 0.3) is 0 Å². The molecule has 0 aliphatic rings. The average molecular weight is 283 g/mol. The monoisotopic (exact) mass is 283 g/mol. The molecule has 0 fully saturated rings. The highest BCUT2D eigenvalue weighted by Gasteiger charge is 2.28. The Morgan fingerprint density at radius 1 is 0.950 bits per heavy atom. The van der Waals surface area contributed by atoms with E-state index in [1.54, 1.807) is 27.7 Å². The van der Waals surface area contributed by atoms with Crippen LogP contribution in [0.15, 0.2) is 24.3 Å². The van der Waals surface area contributed by atoms with Crippen LogP contribution in [0.2, 0.25) is 0 Å². The number of carbonyl (C=O) groups excluding carboxylic acids is 2. The molecule has 0 unspecified atom stereocenters. The van der Waals surface area contributed by atoms with Crippen molar-refractivity contribution in [3.05, 3.63) is 30.1 Å². The van der Waals surface area contributed by atoms with Gasteiger partial charge in [-0.15, -0.1) is 0 Å². The summed E-state index contributed by atoms with van der Waals surface area (Å²) in [6.07, 6.45) is -2.51. The summed E-state index contributed by atoms with van der Waals surface area (Å²) in [6, 6.07) is 4.90. The highest BCUT2D eigenvalue weighted by atomic mass is 19.1. The highest BCUT2D eigenvalue weighted by molar-refractivity contribution is 6.09. The first kappa shape index (κ1) is 15.9. The summed E-state index contributed by atoms with van der Waals surface area (Å²) in [5, 5.41) is 0. The van der Waals surface area contributed by atoms with Gasteiger partial charge in [0.1, 0.15) is 5.82 Å². The van der Waals surface area contributed by atoms with Crippen molar-refractivity contribution < 1.29 is 23.5 Å². The fourth-order valence-electron chi connectivity index (χ4n) is 1.38. The van der Waals surface area contributed by atoms with E-state index in [-0.39, 0.29) is 5.69 Å². The van der Waals surface area contributed by atoms with E-state index in [9.17, 15) is 14.0 Å². The van der Waals surface area contributed by atoms with Crippen LogP contribution in [0.5, 0.6) is 0 Å². The van der Waals surface area contributed by atoms with Gasteiger partial charge in [-0.1, -0.05) is 0 Å². The summed E-state index contributed by atoms with van der Waals surface area (Å²) >= 11 is 0. The zero-order valence-electron chi connectivity index (χ0n) is 11.9. The van der Waals surface area contributed by atoms with E-state index < -0.39 is 30.2 Å². The lowest BCUT2D eigenvalue weighted by atomic mass is 10.3. The van der Waals surface area contributed by atoms with Crippen LogP contribution in [0.4, 0.5) is 19.7 Å². The quantitative estimate of drug-likeness (QED) is 0.848. The van der Waals surface area contributed by atoms with Crippen LogP contribution in [0.1, 0.15) is 27.7 Å². The number of halogens is 1. The first-order valence-electron chi connectivity index (χ1n) is 6.28. The normalized spacial score (nSPS) is 10.6. The van der Waals surface area contributed by atoms with Crippen LogP contribution in [-0.4, -0.2) is 24.4 Å². The Morgan fingerprint density at radius 2 is 1.35 bits per heavy atom. The second kappa shape index (κ2) is 6.88. The number of nitrogens with zero attached hydrogens (tertiary/aromatic N) is 1. The van der Waals surface area contributed by atoms with E-state index in [0.717, 1.165) is 17.0 Å². The van der Waals surface area contributed by atoms with Gasteiger partial charge in [-0.2, -0.15) is 4.90 Å². The molecule has 0 bridgehead atoms. The first-order chi connectivity index (χ1) is 9.31. The van der Waals surface area contributed by atoms with Crippen molar-refractivity contribution in [2.24, 2.45) is 0 Å². The fourth-order valence-corrected chi connectivity index (χ4v) is 1.38. The largest absolute Gasteiger partial charge is 0.446 e. The number of carbonyl (C=O) groups is 2. The molecule has 5 nitrogen and oxygen atoms in total. The van der Waals surface area contributed by atoms with Crippen molar-refractivity contribution in [1.82, 2.24) is 0 Å². The molecule has 0 heterocycles. The maximum absolute atomic E-state index is 12.9. The Morgan fingerprint density at radius 3 is 1.70 bits per heavy atom. The summed E-state index contributed by atoms with van der Waals surface area (Å²) in [5.41, 5.74) is 0.183. The zero-order valence-corrected chi connectivity index (χ0v) is 11.9. The van der Waals surface area contributed by atoms with Gasteiger partial charge in [-0.3, -0.25) is 0 Å². The van der Waals surface area contributed by atoms with Crippen molar-refractivity contribution in [3.63, 3.8) is 0 Å². The van der Waals surface area contributed by atoms with Gasteiger partial charge in [-0.05, 0) is 52.0 Å². The highest BCUT2D eigenvalue weighted by Crippen LogP contribution is 2.18. The van der Waals surface area contributed by atoms with Crippen LogP contribution >= 0.6 is 0 Å². The first-order valence-corrected chi connectivity index (χ1v) is 6.28. The number of hydrogen-bond acceptors (Lipinski definition) is 4. The molecule has 0 aromatic heterocycles. The summed E-state index contributed by atoms with van der Waals surface area (Å²) in [5.74, 6) is -0.469. The Bertz CT molecular complexity index is 449. The minimum atomic E-state index is -0.864. The minimum Gasteiger partial charge on any atom is -0.446 e. The SMILES string of the molecule is CC(C)OC(=O)N(C(=O)OC(C)C)c1ccc(F)cc1. The Labute approximate surface area is 117 Å². The molecule has 0 spiro atoms. The van der Waals surface area contributed by atoms with E-state index >= 15 is 0 Å². The number of rotatable bonds is 3. The molecule has 1 aromatic rings. The molecule has 1 rings (SSSR count). The van der Waals surface area contributed by atoms with Crippen LogP contribution in [0.25, 0.3) is 0 Å². The number of hydrogen-bond donors (Lipinski definition) is 0. The summed E-state index contributed by atoms with van der Waals surface area (Å²) in [4.78, 5) is 24.7. The second-order valence-corrected chi connectivity index (χ2v) is 4.68. The topological polar surface area (TPSA) is 55.8 Å². The molecule has 20 heavy (non-hydrogen) atoms. The van der Waals surface area contributed by atoms with Gasteiger partial charge in [0.2, 0.25) is 0 Å². The molecule has 0 aliphatic carbocycles. The van der Waals surface area contributed by atoms with Gasteiger partial charge >= 0.3 is 12.2 Å². The zero-order chi connectivity index (χ0) is 15.3. The van der Waals surface area contributed by atoms with E-state index in [2.05, 4.69) is 0 Å². The molecule has 0 saturated heterocycles. The molecule has 0 saturated carbocycles. The lowest BCUT2D eigenvalue weighted by Gasteiger charge is -2.22. The third kappa shape index (κ3) is 4.53. The third-order valence-electron chi connectivity index (χ3n) is 2.12. The minimum absolute atomic E-state index is 0.183.